The number of halogens is 1. The van der Waals surface area contributed by atoms with E-state index in [1.165, 1.54) is 0 Å². The summed E-state index contributed by atoms with van der Waals surface area (Å²) in [5.74, 6) is 1.22. The molecule has 2 aliphatic rings. The molecule has 1 unspecified atom stereocenters. The van der Waals surface area contributed by atoms with Gasteiger partial charge in [-0.2, -0.15) is 0 Å². The number of hydrogen-bond donors (Lipinski definition) is 0. The SMILES string of the molecule is COc1cccc(C(=O)N2CCN3C=C(c4nc5ccccc5s4)OCC3C2)c1Cl. The lowest BCUT2D eigenvalue weighted by molar-refractivity contribution is 0.0399. The van der Waals surface area contributed by atoms with E-state index in [0.717, 1.165) is 27.5 Å². The molecular formula is C22H20ClN3O3S. The van der Waals surface area contributed by atoms with Crippen LogP contribution in [0.3, 0.4) is 0 Å². The maximum absolute atomic E-state index is 13.1. The van der Waals surface area contributed by atoms with Crippen LogP contribution in [0.1, 0.15) is 15.4 Å². The Labute approximate surface area is 183 Å². The van der Waals surface area contributed by atoms with Gasteiger partial charge in [-0.1, -0.05) is 29.8 Å². The minimum atomic E-state index is -0.0838. The van der Waals surface area contributed by atoms with E-state index in [4.69, 9.17) is 26.1 Å². The molecule has 5 rings (SSSR count). The molecule has 2 aliphatic heterocycles. The van der Waals surface area contributed by atoms with E-state index in [0.29, 0.717) is 36.0 Å². The Morgan fingerprint density at radius 2 is 2.10 bits per heavy atom. The number of benzene rings is 2. The van der Waals surface area contributed by atoms with Crippen molar-refractivity contribution in [3.63, 3.8) is 0 Å². The van der Waals surface area contributed by atoms with E-state index in [1.807, 2.05) is 29.3 Å². The molecule has 3 heterocycles. The smallest absolute Gasteiger partial charge is 0.255 e. The third-order valence-electron chi connectivity index (χ3n) is 5.45. The second-order valence-electron chi connectivity index (χ2n) is 7.26. The summed E-state index contributed by atoms with van der Waals surface area (Å²) in [7, 11) is 1.54. The topological polar surface area (TPSA) is 54.9 Å². The molecule has 30 heavy (non-hydrogen) atoms. The number of carbonyl (C=O) groups is 1. The predicted molar refractivity (Wildman–Crippen MR) is 118 cm³/mol. The number of nitrogens with zero attached hydrogens (tertiary/aromatic N) is 3. The number of carbonyl (C=O) groups excluding carboxylic acids is 1. The Kier molecular flexibility index (Phi) is 5.00. The summed E-state index contributed by atoms with van der Waals surface area (Å²) in [6.45, 7) is 2.44. The molecule has 8 heteroatoms. The molecule has 0 spiro atoms. The fourth-order valence-electron chi connectivity index (χ4n) is 3.84. The number of ether oxygens (including phenoxy) is 2. The number of para-hydroxylation sites is 1. The van der Waals surface area contributed by atoms with Gasteiger partial charge in [0.05, 0.1) is 34.0 Å². The molecule has 1 fully saturated rings. The van der Waals surface area contributed by atoms with Gasteiger partial charge in [-0.05, 0) is 24.3 Å². The average molecular weight is 442 g/mol. The van der Waals surface area contributed by atoms with Crippen LogP contribution in [-0.2, 0) is 4.74 Å². The first-order valence-corrected chi connectivity index (χ1v) is 10.9. The molecule has 1 saturated heterocycles. The molecule has 0 radical (unpaired) electrons. The highest BCUT2D eigenvalue weighted by Crippen LogP contribution is 2.32. The van der Waals surface area contributed by atoms with Crippen LogP contribution in [0.15, 0.2) is 48.7 Å². The van der Waals surface area contributed by atoms with Crippen molar-refractivity contribution in [2.45, 2.75) is 6.04 Å². The highest BCUT2D eigenvalue weighted by Gasteiger charge is 2.33. The summed E-state index contributed by atoms with van der Waals surface area (Å²) in [5.41, 5.74) is 1.45. The summed E-state index contributed by atoms with van der Waals surface area (Å²) < 4.78 is 12.4. The van der Waals surface area contributed by atoms with Crippen molar-refractivity contribution in [2.75, 3.05) is 33.4 Å². The van der Waals surface area contributed by atoms with Gasteiger partial charge >= 0.3 is 0 Å². The van der Waals surface area contributed by atoms with Gasteiger partial charge < -0.3 is 19.3 Å². The Balaban J connectivity index is 1.33. The van der Waals surface area contributed by atoms with Crippen LogP contribution in [0.2, 0.25) is 5.02 Å². The van der Waals surface area contributed by atoms with E-state index < -0.39 is 0 Å². The number of fused-ring (bicyclic) bond motifs is 2. The summed E-state index contributed by atoms with van der Waals surface area (Å²) in [6.07, 6.45) is 2.03. The molecule has 6 nitrogen and oxygen atoms in total. The Morgan fingerprint density at radius 3 is 2.93 bits per heavy atom. The zero-order valence-electron chi connectivity index (χ0n) is 16.4. The number of aromatic nitrogens is 1. The van der Waals surface area contributed by atoms with Gasteiger partial charge in [0.2, 0.25) is 0 Å². The molecule has 154 valence electrons. The number of piperazine rings is 1. The molecule has 0 aliphatic carbocycles. The fourth-order valence-corrected chi connectivity index (χ4v) is 5.06. The lowest BCUT2D eigenvalue weighted by Gasteiger charge is -2.43. The van der Waals surface area contributed by atoms with Crippen LogP contribution in [-0.4, -0.2) is 60.1 Å². The Hall–Kier alpha value is -2.77. The fraction of sp³-hybridized carbons (Fsp3) is 0.273. The van der Waals surface area contributed by atoms with Crippen molar-refractivity contribution in [3.05, 3.63) is 64.3 Å². The molecule has 0 bridgehead atoms. The van der Waals surface area contributed by atoms with E-state index in [9.17, 15) is 4.79 Å². The van der Waals surface area contributed by atoms with Crippen LogP contribution in [0, 0.1) is 0 Å². The van der Waals surface area contributed by atoms with Crippen LogP contribution in [0.25, 0.3) is 16.0 Å². The number of methoxy groups -OCH3 is 1. The largest absolute Gasteiger partial charge is 0.495 e. The molecule has 0 N–H and O–H groups in total. The third kappa shape index (κ3) is 3.38. The Morgan fingerprint density at radius 1 is 1.23 bits per heavy atom. The van der Waals surface area contributed by atoms with Gasteiger partial charge in [-0.25, -0.2) is 4.98 Å². The van der Waals surface area contributed by atoms with E-state index in [2.05, 4.69) is 11.0 Å². The maximum atomic E-state index is 13.1. The van der Waals surface area contributed by atoms with Crippen molar-refractivity contribution in [2.24, 2.45) is 0 Å². The summed E-state index contributed by atoms with van der Waals surface area (Å²) in [6, 6.07) is 13.5. The third-order valence-corrected chi connectivity index (χ3v) is 6.89. The first kappa shape index (κ1) is 19.2. The highest BCUT2D eigenvalue weighted by molar-refractivity contribution is 7.19. The zero-order valence-corrected chi connectivity index (χ0v) is 17.9. The van der Waals surface area contributed by atoms with Crippen molar-refractivity contribution in [3.8, 4) is 5.75 Å². The summed E-state index contributed by atoms with van der Waals surface area (Å²) in [5, 5.41) is 1.24. The van der Waals surface area contributed by atoms with Gasteiger partial charge in [0, 0.05) is 25.8 Å². The van der Waals surface area contributed by atoms with Crippen molar-refractivity contribution in [1.29, 1.82) is 0 Å². The van der Waals surface area contributed by atoms with Gasteiger partial charge in [-0.15, -0.1) is 11.3 Å². The normalized spacial score (nSPS) is 18.6. The molecule has 1 atom stereocenters. The van der Waals surface area contributed by atoms with Gasteiger partial charge in [0.25, 0.3) is 5.91 Å². The van der Waals surface area contributed by atoms with Crippen LogP contribution >= 0.6 is 22.9 Å². The molecule has 1 aromatic heterocycles. The molecule has 2 aromatic carbocycles. The second kappa shape index (κ2) is 7.81. The number of thiazole rings is 1. The quantitative estimate of drug-likeness (QED) is 0.612. The zero-order chi connectivity index (χ0) is 20.7. The lowest BCUT2D eigenvalue weighted by atomic mass is 10.1. The van der Waals surface area contributed by atoms with Gasteiger partial charge in [0.1, 0.15) is 12.4 Å². The van der Waals surface area contributed by atoms with Crippen LogP contribution < -0.4 is 4.74 Å². The van der Waals surface area contributed by atoms with Crippen molar-refractivity contribution in [1.82, 2.24) is 14.8 Å². The van der Waals surface area contributed by atoms with E-state index in [-0.39, 0.29) is 11.9 Å². The predicted octanol–water partition coefficient (Wildman–Crippen LogP) is 4.11. The average Bonchev–Trinajstić information content (AvgIpc) is 3.22. The molecule has 3 aromatic rings. The Bertz CT molecular complexity index is 1110. The maximum Gasteiger partial charge on any atom is 0.255 e. The second-order valence-corrected chi connectivity index (χ2v) is 8.66. The van der Waals surface area contributed by atoms with Gasteiger partial charge in [0.15, 0.2) is 10.8 Å². The van der Waals surface area contributed by atoms with Crippen molar-refractivity contribution < 1.29 is 14.3 Å². The summed E-state index contributed by atoms with van der Waals surface area (Å²) in [4.78, 5) is 21.8. The number of hydrogen-bond acceptors (Lipinski definition) is 6. The van der Waals surface area contributed by atoms with Crippen molar-refractivity contribution >= 4 is 44.8 Å². The van der Waals surface area contributed by atoms with E-state index in [1.54, 1.807) is 36.6 Å². The first-order valence-electron chi connectivity index (χ1n) is 9.72. The molecular weight excluding hydrogens is 422 g/mol. The van der Waals surface area contributed by atoms with E-state index >= 15 is 0 Å². The first-order chi connectivity index (χ1) is 14.6. The number of amides is 1. The highest BCUT2D eigenvalue weighted by atomic mass is 35.5. The minimum absolute atomic E-state index is 0.0838. The molecule has 1 amide bonds. The number of rotatable bonds is 3. The molecule has 0 saturated carbocycles. The standard InChI is InChI=1S/C22H20ClN3O3S/c1-28-17-7-4-5-15(20(17)23)22(27)26-10-9-25-12-18(29-13-14(25)11-26)21-24-16-6-2-3-8-19(16)30-21/h2-8,12,14H,9-11,13H2,1H3. The van der Waals surface area contributed by atoms with Gasteiger partial charge in [-0.3, -0.25) is 4.79 Å². The monoisotopic (exact) mass is 441 g/mol. The summed E-state index contributed by atoms with van der Waals surface area (Å²) >= 11 is 7.99. The lowest BCUT2D eigenvalue weighted by Crippen LogP contribution is -2.55. The van der Waals surface area contributed by atoms with Crippen LogP contribution in [0.4, 0.5) is 0 Å². The van der Waals surface area contributed by atoms with Crippen LogP contribution in [0.5, 0.6) is 5.75 Å². The minimum Gasteiger partial charge on any atom is -0.495 e.